The molecule has 0 atom stereocenters. The quantitative estimate of drug-likeness (QED) is 0.819. The molecule has 0 bridgehead atoms. The highest BCUT2D eigenvalue weighted by molar-refractivity contribution is 7.89. The monoisotopic (exact) mass is 254 g/mol. The maximum Gasteiger partial charge on any atom is 0.245 e. The fourth-order valence-corrected chi connectivity index (χ4v) is 4.33. The third kappa shape index (κ3) is 2.05. The summed E-state index contributed by atoms with van der Waals surface area (Å²) in [5.74, 6) is 0. The number of sulfonamides is 1. The molecule has 0 radical (unpaired) electrons. The molecule has 1 aliphatic rings. The zero-order valence-electron chi connectivity index (χ0n) is 10.2. The van der Waals surface area contributed by atoms with Crippen LogP contribution in [0, 0.1) is 0 Å². The van der Waals surface area contributed by atoms with Crippen molar-refractivity contribution in [3.05, 3.63) is 24.3 Å². The van der Waals surface area contributed by atoms with Crippen LogP contribution < -0.4 is 5.73 Å². The van der Waals surface area contributed by atoms with E-state index in [-0.39, 0.29) is 10.4 Å². The Labute approximate surface area is 102 Å². The molecular weight excluding hydrogens is 236 g/mol. The highest BCUT2D eigenvalue weighted by Gasteiger charge is 2.41. The summed E-state index contributed by atoms with van der Waals surface area (Å²) >= 11 is 0. The molecule has 0 aromatic heterocycles. The lowest BCUT2D eigenvalue weighted by atomic mass is 10.0. The number of nitrogen functional groups attached to an aromatic ring is 1. The van der Waals surface area contributed by atoms with Crippen molar-refractivity contribution in [1.82, 2.24) is 4.31 Å². The summed E-state index contributed by atoms with van der Waals surface area (Å²) in [5, 5.41) is 0. The topological polar surface area (TPSA) is 63.4 Å². The van der Waals surface area contributed by atoms with Gasteiger partial charge < -0.3 is 5.73 Å². The van der Waals surface area contributed by atoms with Crippen LogP contribution in [0.15, 0.2) is 29.2 Å². The summed E-state index contributed by atoms with van der Waals surface area (Å²) in [7, 11) is -3.47. The number of benzene rings is 1. The van der Waals surface area contributed by atoms with E-state index in [9.17, 15) is 8.42 Å². The van der Waals surface area contributed by atoms with Crippen molar-refractivity contribution >= 4 is 15.7 Å². The zero-order valence-corrected chi connectivity index (χ0v) is 11.0. The van der Waals surface area contributed by atoms with Gasteiger partial charge in [0.25, 0.3) is 0 Å². The van der Waals surface area contributed by atoms with Gasteiger partial charge in [0.1, 0.15) is 4.90 Å². The van der Waals surface area contributed by atoms with Crippen molar-refractivity contribution in [3.8, 4) is 0 Å². The van der Waals surface area contributed by atoms with Crippen molar-refractivity contribution in [3.63, 3.8) is 0 Å². The molecule has 17 heavy (non-hydrogen) atoms. The Morgan fingerprint density at radius 3 is 2.47 bits per heavy atom. The zero-order chi connectivity index (χ0) is 12.7. The molecule has 0 saturated carbocycles. The molecule has 0 unspecified atom stereocenters. The fraction of sp³-hybridized carbons (Fsp3) is 0.500. The summed E-state index contributed by atoms with van der Waals surface area (Å²) in [6.45, 7) is 4.48. The van der Waals surface area contributed by atoms with E-state index in [2.05, 4.69) is 0 Å². The Bertz CT molecular complexity index is 523. The maximum absolute atomic E-state index is 12.5. The SMILES string of the molecule is CC1(C)CCCN1S(=O)(=O)c1ccccc1N. The van der Waals surface area contributed by atoms with Gasteiger partial charge in [0, 0.05) is 12.1 Å². The van der Waals surface area contributed by atoms with Gasteiger partial charge in [-0.2, -0.15) is 4.31 Å². The van der Waals surface area contributed by atoms with Gasteiger partial charge in [-0.05, 0) is 38.8 Å². The van der Waals surface area contributed by atoms with Gasteiger partial charge >= 0.3 is 0 Å². The summed E-state index contributed by atoms with van der Waals surface area (Å²) in [5.41, 5.74) is 5.75. The number of hydrogen-bond acceptors (Lipinski definition) is 3. The average molecular weight is 254 g/mol. The van der Waals surface area contributed by atoms with E-state index >= 15 is 0 Å². The lowest BCUT2D eigenvalue weighted by Gasteiger charge is -2.30. The summed E-state index contributed by atoms with van der Waals surface area (Å²) in [6, 6.07) is 6.63. The van der Waals surface area contributed by atoms with Gasteiger partial charge in [0.2, 0.25) is 10.0 Å². The second kappa shape index (κ2) is 3.99. The first kappa shape index (κ1) is 12.4. The highest BCUT2D eigenvalue weighted by Crippen LogP contribution is 2.35. The van der Waals surface area contributed by atoms with E-state index in [1.807, 2.05) is 13.8 Å². The second-order valence-electron chi connectivity index (χ2n) is 5.03. The highest BCUT2D eigenvalue weighted by atomic mass is 32.2. The van der Waals surface area contributed by atoms with Crippen LogP contribution in [0.5, 0.6) is 0 Å². The van der Waals surface area contributed by atoms with Gasteiger partial charge in [-0.15, -0.1) is 0 Å². The van der Waals surface area contributed by atoms with Crippen molar-refractivity contribution in [2.75, 3.05) is 12.3 Å². The van der Waals surface area contributed by atoms with Crippen LogP contribution in [0.2, 0.25) is 0 Å². The van der Waals surface area contributed by atoms with E-state index in [1.165, 1.54) is 0 Å². The first-order chi connectivity index (χ1) is 7.86. The Morgan fingerprint density at radius 1 is 1.29 bits per heavy atom. The van der Waals surface area contributed by atoms with Crippen LogP contribution in [0.1, 0.15) is 26.7 Å². The van der Waals surface area contributed by atoms with Crippen LogP contribution in [0.4, 0.5) is 5.69 Å². The molecule has 1 saturated heterocycles. The van der Waals surface area contributed by atoms with Gasteiger partial charge in [-0.1, -0.05) is 12.1 Å². The normalized spacial score (nSPS) is 20.6. The van der Waals surface area contributed by atoms with Gasteiger partial charge in [-0.25, -0.2) is 8.42 Å². The molecular formula is C12H18N2O2S. The molecule has 1 aromatic carbocycles. The van der Waals surface area contributed by atoms with Crippen LogP contribution in [-0.4, -0.2) is 24.8 Å². The van der Waals surface area contributed by atoms with Crippen LogP contribution in [0.25, 0.3) is 0 Å². The lowest BCUT2D eigenvalue weighted by molar-refractivity contribution is 0.292. The van der Waals surface area contributed by atoms with E-state index in [0.717, 1.165) is 12.8 Å². The predicted octanol–water partition coefficient (Wildman–Crippen LogP) is 1.83. The first-order valence-electron chi connectivity index (χ1n) is 5.73. The van der Waals surface area contributed by atoms with Crippen LogP contribution in [0.3, 0.4) is 0 Å². The molecule has 1 aliphatic heterocycles. The van der Waals surface area contributed by atoms with Crippen molar-refractivity contribution in [2.45, 2.75) is 37.1 Å². The minimum atomic E-state index is -3.47. The summed E-state index contributed by atoms with van der Waals surface area (Å²) in [6.07, 6.45) is 1.79. The molecule has 1 aromatic rings. The molecule has 2 rings (SSSR count). The van der Waals surface area contributed by atoms with Crippen LogP contribution >= 0.6 is 0 Å². The minimum absolute atomic E-state index is 0.218. The maximum atomic E-state index is 12.5. The van der Waals surface area contributed by atoms with Crippen molar-refractivity contribution < 1.29 is 8.42 Å². The first-order valence-corrected chi connectivity index (χ1v) is 7.17. The molecule has 1 fully saturated rings. The average Bonchev–Trinajstić information content (AvgIpc) is 2.59. The Kier molecular flexibility index (Phi) is 2.91. The largest absolute Gasteiger partial charge is 0.398 e. The minimum Gasteiger partial charge on any atom is -0.398 e. The van der Waals surface area contributed by atoms with E-state index in [0.29, 0.717) is 12.2 Å². The van der Waals surface area contributed by atoms with Gasteiger partial charge in [-0.3, -0.25) is 0 Å². The number of anilines is 1. The smallest absolute Gasteiger partial charge is 0.245 e. The Balaban J connectivity index is 2.48. The molecule has 5 heteroatoms. The number of nitrogens with two attached hydrogens (primary N) is 1. The number of hydrogen-bond donors (Lipinski definition) is 1. The second-order valence-corrected chi connectivity index (χ2v) is 6.86. The third-order valence-corrected chi connectivity index (χ3v) is 5.50. The van der Waals surface area contributed by atoms with Crippen molar-refractivity contribution in [1.29, 1.82) is 0 Å². The molecule has 0 amide bonds. The summed E-state index contributed by atoms with van der Waals surface area (Å²) < 4.78 is 26.6. The van der Waals surface area contributed by atoms with Crippen LogP contribution in [-0.2, 0) is 10.0 Å². The van der Waals surface area contributed by atoms with E-state index in [4.69, 9.17) is 5.73 Å². The molecule has 0 aliphatic carbocycles. The van der Waals surface area contributed by atoms with E-state index < -0.39 is 10.0 Å². The molecule has 2 N–H and O–H groups in total. The molecule has 1 heterocycles. The standard InChI is InChI=1S/C12H18N2O2S/c1-12(2)8-5-9-14(12)17(15,16)11-7-4-3-6-10(11)13/h3-4,6-7H,5,8-9,13H2,1-2H3. The Morgan fingerprint density at radius 2 is 1.94 bits per heavy atom. The fourth-order valence-electron chi connectivity index (χ4n) is 2.36. The third-order valence-electron chi connectivity index (χ3n) is 3.31. The Hall–Kier alpha value is -1.07. The lowest BCUT2D eigenvalue weighted by Crippen LogP contribution is -2.42. The molecule has 4 nitrogen and oxygen atoms in total. The van der Waals surface area contributed by atoms with Gasteiger partial charge in [0.05, 0.1) is 5.69 Å². The van der Waals surface area contributed by atoms with E-state index in [1.54, 1.807) is 28.6 Å². The summed E-state index contributed by atoms with van der Waals surface area (Å²) in [4.78, 5) is 0.218. The number of rotatable bonds is 2. The number of para-hydroxylation sites is 1. The van der Waals surface area contributed by atoms with Crippen molar-refractivity contribution in [2.24, 2.45) is 0 Å². The number of nitrogens with zero attached hydrogens (tertiary/aromatic N) is 1. The predicted molar refractivity (Wildman–Crippen MR) is 68.1 cm³/mol. The molecule has 0 spiro atoms. The van der Waals surface area contributed by atoms with Gasteiger partial charge in [0.15, 0.2) is 0 Å². The molecule has 94 valence electrons.